The number of nitrogens with zero attached hydrogens (tertiary/aromatic N) is 1. The van der Waals surface area contributed by atoms with Gasteiger partial charge in [0.05, 0.1) is 6.10 Å². The molecule has 0 amide bonds. The summed E-state index contributed by atoms with van der Waals surface area (Å²) in [5.74, 6) is 0.402. The highest BCUT2D eigenvalue weighted by Crippen LogP contribution is 2.17. The van der Waals surface area contributed by atoms with Gasteiger partial charge >= 0.3 is 0 Å². The lowest BCUT2D eigenvalue weighted by molar-refractivity contribution is 0.0897. The highest BCUT2D eigenvalue weighted by atomic mass is 16.3. The standard InChI is InChI=1S/C8H16NO/c1-7(10)8-4-3-5-9(2)6-8/h7-8,10H,1,3-6H2,2H3. The average Bonchev–Trinajstić information content (AvgIpc) is 1.88. The zero-order valence-corrected chi connectivity index (χ0v) is 6.58. The number of aliphatic hydroxyl groups is 1. The van der Waals surface area contributed by atoms with E-state index in [0.29, 0.717) is 5.92 Å². The van der Waals surface area contributed by atoms with Crippen LogP contribution in [0, 0.1) is 12.8 Å². The molecule has 2 atom stereocenters. The van der Waals surface area contributed by atoms with Crippen LogP contribution in [0.2, 0.25) is 0 Å². The molecule has 0 spiro atoms. The van der Waals surface area contributed by atoms with Gasteiger partial charge in [-0.3, -0.25) is 0 Å². The van der Waals surface area contributed by atoms with Gasteiger partial charge in [0.1, 0.15) is 0 Å². The molecule has 1 rings (SSSR count). The van der Waals surface area contributed by atoms with E-state index < -0.39 is 0 Å². The molecule has 1 aliphatic heterocycles. The lowest BCUT2D eigenvalue weighted by atomic mass is 9.94. The van der Waals surface area contributed by atoms with E-state index in [0.717, 1.165) is 13.0 Å². The Morgan fingerprint density at radius 1 is 1.70 bits per heavy atom. The SMILES string of the molecule is [CH2]C(O)C1CCCN(C)C1. The molecule has 0 bridgehead atoms. The van der Waals surface area contributed by atoms with Gasteiger partial charge < -0.3 is 10.0 Å². The Hall–Kier alpha value is -0.0800. The van der Waals surface area contributed by atoms with E-state index in [1.807, 2.05) is 0 Å². The maximum atomic E-state index is 9.16. The minimum Gasteiger partial charge on any atom is -0.393 e. The fraction of sp³-hybridized carbons (Fsp3) is 0.875. The summed E-state index contributed by atoms with van der Waals surface area (Å²) >= 11 is 0. The van der Waals surface area contributed by atoms with Crippen molar-refractivity contribution in [2.45, 2.75) is 18.9 Å². The Morgan fingerprint density at radius 3 is 2.80 bits per heavy atom. The van der Waals surface area contributed by atoms with Crippen molar-refractivity contribution in [1.82, 2.24) is 4.90 Å². The Morgan fingerprint density at radius 2 is 2.40 bits per heavy atom. The molecule has 59 valence electrons. The molecule has 1 N–H and O–H groups in total. The van der Waals surface area contributed by atoms with Gasteiger partial charge in [-0.15, -0.1) is 0 Å². The van der Waals surface area contributed by atoms with Gasteiger partial charge in [0.15, 0.2) is 0 Å². The lowest BCUT2D eigenvalue weighted by Crippen LogP contribution is -2.36. The molecule has 0 saturated carbocycles. The molecule has 2 unspecified atom stereocenters. The predicted octanol–water partition coefficient (Wildman–Crippen LogP) is 0.523. The van der Waals surface area contributed by atoms with Crippen LogP contribution in [0.3, 0.4) is 0 Å². The number of hydrogen-bond acceptors (Lipinski definition) is 2. The lowest BCUT2D eigenvalue weighted by Gasteiger charge is -2.31. The molecular formula is C8H16NO. The van der Waals surface area contributed by atoms with Crippen molar-refractivity contribution >= 4 is 0 Å². The maximum absolute atomic E-state index is 9.16. The fourth-order valence-electron chi connectivity index (χ4n) is 1.52. The smallest absolute Gasteiger partial charge is 0.0581 e. The molecule has 0 aliphatic carbocycles. The van der Waals surface area contributed by atoms with E-state index in [4.69, 9.17) is 5.11 Å². The zero-order chi connectivity index (χ0) is 7.56. The minimum atomic E-state index is -0.372. The van der Waals surface area contributed by atoms with E-state index in [1.54, 1.807) is 0 Å². The highest BCUT2D eigenvalue weighted by Gasteiger charge is 2.20. The summed E-state index contributed by atoms with van der Waals surface area (Å²) in [6.45, 7) is 5.80. The minimum absolute atomic E-state index is 0.372. The van der Waals surface area contributed by atoms with Crippen molar-refractivity contribution in [2.75, 3.05) is 20.1 Å². The van der Waals surface area contributed by atoms with Gasteiger partial charge in [-0.1, -0.05) is 0 Å². The number of aliphatic hydroxyl groups excluding tert-OH is 1. The Kier molecular flexibility index (Phi) is 2.69. The summed E-state index contributed by atoms with van der Waals surface area (Å²) in [7, 11) is 2.09. The van der Waals surface area contributed by atoms with Crippen LogP contribution in [-0.4, -0.2) is 36.2 Å². The first-order valence-electron chi connectivity index (χ1n) is 3.90. The highest BCUT2D eigenvalue weighted by molar-refractivity contribution is 4.77. The van der Waals surface area contributed by atoms with Crippen LogP contribution in [0.15, 0.2) is 0 Å². The molecule has 1 aliphatic rings. The molecule has 1 saturated heterocycles. The predicted molar refractivity (Wildman–Crippen MR) is 41.6 cm³/mol. The average molecular weight is 142 g/mol. The first-order valence-corrected chi connectivity index (χ1v) is 3.90. The molecule has 1 radical (unpaired) electrons. The fourth-order valence-corrected chi connectivity index (χ4v) is 1.52. The second-order valence-electron chi connectivity index (χ2n) is 3.23. The van der Waals surface area contributed by atoms with Crippen LogP contribution in [-0.2, 0) is 0 Å². The summed E-state index contributed by atoms with van der Waals surface area (Å²) < 4.78 is 0. The maximum Gasteiger partial charge on any atom is 0.0581 e. The van der Waals surface area contributed by atoms with Crippen molar-refractivity contribution in [3.63, 3.8) is 0 Å². The second kappa shape index (κ2) is 3.35. The van der Waals surface area contributed by atoms with E-state index in [9.17, 15) is 0 Å². The summed E-state index contributed by atoms with van der Waals surface area (Å²) in [6, 6.07) is 0. The van der Waals surface area contributed by atoms with Gasteiger partial charge in [-0.2, -0.15) is 0 Å². The largest absolute Gasteiger partial charge is 0.393 e. The number of likely N-dealkylation sites (tertiary alicyclic amines) is 1. The molecule has 1 fully saturated rings. The monoisotopic (exact) mass is 142 g/mol. The molecule has 2 heteroatoms. The normalized spacial score (nSPS) is 32.1. The van der Waals surface area contributed by atoms with Gasteiger partial charge in [0.2, 0.25) is 0 Å². The van der Waals surface area contributed by atoms with Gasteiger partial charge in [0.25, 0.3) is 0 Å². The van der Waals surface area contributed by atoms with Crippen molar-refractivity contribution in [3.8, 4) is 0 Å². The van der Waals surface area contributed by atoms with Crippen LogP contribution >= 0.6 is 0 Å². The molecular weight excluding hydrogens is 126 g/mol. The van der Waals surface area contributed by atoms with E-state index in [2.05, 4.69) is 18.9 Å². The molecule has 0 aromatic rings. The van der Waals surface area contributed by atoms with E-state index in [-0.39, 0.29) is 6.10 Å². The molecule has 0 aromatic carbocycles. The first kappa shape index (κ1) is 8.02. The molecule has 1 heterocycles. The molecule has 2 nitrogen and oxygen atoms in total. The summed E-state index contributed by atoms with van der Waals surface area (Å²) in [5.41, 5.74) is 0. The van der Waals surface area contributed by atoms with E-state index >= 15 is 0 Å². The quantitative estimate of drug-likeness (QED) is 0.577. The van der Waals surface area contributed by atoms with Crippen molar-refractivity contribution in [3.05, 3.63) is 6.92 Å². The van der Waals surface area contributed by atoms with Crippen molar-refractivity contribution in [1.29, 1.82) is 0 Å². The topological polar surface area (TPSA) is 23.5 Å². The van der Waals surface area contributed by atoms with Crippen molar-refractivity contribution in [2.24, 2.45) is 5.92 Å². The Bertz CT molecular complexity index is 103. The Labute approximate surface area is 62.8 Å². The molecule has 10 heavy (non-hydrogen) atoms. The van der Waals surface area contributed by atoms with Gasteiger partial charge in [-0.05, 0) is 39.3 Å². The van der Waals surface area contributed by atoms with Crippen LogP contribution in [0.4, 0.5) is 0 Å². The first-order chi connectivity index (χ1) is 4.70. The van der Waals surface area contributed by atoms with Crippen LogP contribution in [0.5, 0.6) is 0 Å². The van der Waals surface area contributed by atoms with Crippen LogP contribution in [0.25, 0.3) is 0 Å². The third-order valence-corrected chi connectivity index (χ3v) is 2.21. The van der Waals surface area contributed by atoms with Crippen molar-refractivity contribution < 1.29 is 5.11 Å². The van der Waals surface area contributed by atoms with Crippen LogP contribution < -0.4 is 0 Å². The molecule has 0 aromatic heterocycles. The van der Waals surface area contributed by atoms with Gasteiger partial charge in [0, 0.05) is 6.54 Å². The third kappa shape index (κ3) is 1.96. The zero-order valence-electron chi connectivity index (χ0n) is 6.58. The number of piperidine rings is 1. The van der Waals surface area contributed by atoms with Gasteiger partial charge in [-0.25, -0.2) is 0 Å². The Balaban J connectivity index is 2.32. The number of hydrogen-bond donors (Lipinski definition) is 1. The summed E-state index contributed by atoms with van der Waals surface area (Å²) in [5, 5.41) is 9.16. The second-order valence-corrected chi connectivity index (χ2v) is 3.23. The van der Waals surface area contributed by atoms with E-state index in [1.165, 1.54) is 13.0 Å². The third-order valence-electron chi connectivity index (χ3n) is 2.21. The summed E-state index contributed by atoms with van der Waals surface area (Å²) in [4.78, 5) is 2.25. The summed E-state index contributed by atoms with van der Waals surface area (Å²) in [6.07, 6.45) is 1.96. The van der Waals surface area contributed by atoms with Crippen LogP contribution in [0.1, 0.15) is 12.8 Å². The number of rotatable bonds is 1.